The van der Waals surface area contributed by atoms with Crippen molar-refractivity contribution >= 4 is 21.6 Å². The summed E-state index contributed by atoms with van der Waals surface area (Å²) in [5.41, 5.74) is 1.62. The Kier molecular flexibility index (Phi) is 7.38. The van der Waals surface area contributed by atoms with E-state index in [1.54, 1.807) is 19.2 Å². The number of benzene rings is 2. The Hall–Kier alpha value is -2.38. The maximum atomic E-state index is 13.0. The van der Waals surface area contributed by atoms with Gasteiger partial charge >= 0.3 is 0 Å². The van der Waals surface area contributed by atoms with Crippen molar-refractivity contribution in [3.05, 3.63) is 54.1 Å². The van der Waals surface area contributed by atoms with Gasteiger partial charge in [0, 0.05) is 25.7 Å². The second-order valence-corrected chi connectivity index (χ2v) is 8.15. The van der Waals surface area contributed by atoms with Crippen LogP contribution < -0.4 is 10.1 Å². The number of carbonyl (C=O) groups excluding carboxylic acids is 1. The minimum absolute atomic E-state index is 0.197. The molecule has 1 amide bonds. The van der Waals surface area contributed by atoms with Gasteiger partial charge in [-0.05, 0) is 54.8 Å². The molecule has 0 saturated heterocycles. The lowest BCUT2D eigenvalue weighted by Crippen LogP contribution is -2.33. The molecule has 2 aromatic carbocycles. The van der Waals surface area contributed by atoms with Gasteiger partial charge in [0.05, 0.1) is 12.0 Å². The van der Waals surface area contributed by atoms with E-state index < -0.39 is 10.0 Å². The molecule has 0 spiro atoms. The van der Waals surface area contributed by atoms with E-state index in [1.165, 1.54) is 23.4 Å². The van der Waals surface area contributed by atoms with Gasteiger partial charge in [0.15, 0.2) is 0 Å². The van der Waals surface area contributed by atoms with Gasteiger partial charge in [-0.25, -0.2) is 8.42 Å². The van der Waals surface area contributed by atoms with Crippen LogP contribution in [0.15, 0.2) is 53.4 Å². The molecule has 7 heteroatoms. The number of sulfonamides is 1. The average Bonchev–Trinajstić information content (AvgIpc) is 2.65. The number of rotatable bonds is 9. The van der Waals surface area contributed by atoms with Gasteiger partial charge in [-0.2, -0.15) is 4.31 Å². The monoisotopic (exact) mass is 390 g/mol. The molecule has 0 bridgehead atoms. The number of ether oxygens (including phenoxy) is 1. The van der Waals surface area contributed by atoms with Crippen molar-refractivity contribution in [2.45, 2.75) is 31.6 Å². The molecule has 0 fully saturated rings. The number of anilines is 1. The number of amides is 1. The number of carbonyl (C=O) groups is 1. The Balaban J connectivity index is 2.13. The standard InChI is InChI=1S/C20H26N2O4S/c1-4-14-22(15-13-17-5-9-19(26-3)10-6-17)27(24,25)20-11-7-18(8-12-20)21-16(2)23/h5-12H,4,13-15H2,1-3H3,(H,21,23). The first-order valence-corrected chi connectivity index (χ1v) is 10.3. The molecular formula is C20H26N2O4S. The molecule has 0 atom stereocenters. The van der Waals surface area contributed by atoms with Crippen LogP contribution in [0.3, 0.4) is 0 Å². The fourth-order valence-corrected chi connectivity index (χ4v) is 4.24. The Morgan fingerprint density at radius 1 is 1.04 bits per heavy atom. The van der Waals surface area contributed by atoms with Crippen LogP contribution in [-0.4, -0.2) is 38.8 Å². The van der Waals surface area contributed by atoms with Crippen LogP contribution in [-0.2, 0) is 21.2 Å². The molecule has 0 radical (unpaired) electrons. The van der Waals surface area contributed by atoms with Crippen LogP contribution in [0.2, 0.25) is 0 Å². The van der Waals surface area contributed by atoms with Crippen LogP contribution >= 0.6 is 0 Å². The molecule has 0 aliphatic heterocycles. The van der Waals surface area contributed by atoms with Crippen molar-refractivity contribution in [2.75, 3.05) is 25.5 Å². The second-order valence-electron chi connectivity index (χ2n) is 6.21. The van der Waals surface area contributed by atoms with Gasteiger partial charge in [0.2, 0.25) is 15.9 Å². The Morgan fingerprint density at radius 2 is 1.67 bits per heavy atom. The zero-order chi connectivity index (χ0) is 19.9. The van der Waals surface area contributed by atoms with Crippen molar-refractivity contribution in [2.24, 2.45) is 0 Å². The van der Waals surface area contributed by atoms with Crippen LogP contribution in [0.4, 0.5) is 5.69 Å². The number of nitrogens with zero attached hydrogens (tertiary/aromatic N) is 1. The third-order valence-electron chi connectivity index (χ3n) is 4.09. The van der Waals surface area contributed by atoms with Gasteiger partial charge in [-0.1, -0.05) is 19.1 Å². The van der Waals surface area contributed by atoms with Gasteiger partial charge in [0.1, 0.15) is 5.75 Å². The Bertz CT molecular complexity index is 847. The quantitative estimate of drug-likeness (QED) is 0.713. The molecule has 0 heterocycles. The first kappa shape index (κ1) is 20.9. The van der Waals surface area contributed by atoms with Crippen LogP contribution in [0.25, 0.3) is 0 Å². The van der Waals surface area contributed by atoms with Crippen molar-refractivity contribution in [1.82, 2.24) is 4.31 Å². The Labute approximate surface area is 161 Å². The average molecular weight is 391 g/mol. The maximum Gasteiger partial charge on any atom is 0.243 e. The van der Waals surface area contributed by atoms with Crippen LogP contribution in [0, 0.1) is 0 Å². The molecule has 2 aromatic rings. The predicted octanol–water partition coefficient (Wildman–Crippen LogP) is 3.30. The zero-order valence-electron chi connectivity index (χ0n) is 15.9. The van der Waals surface area contributed by atoms with E-state index in [-0.39, 0.29) is 10.8 Å². The van der Waals surface area contributed by atoms with Gasteiger partial charge in [-0.3, -0.25) is 4.79 Å². The molecule has 6 nitrogen and oxygen atoms in total. The highest BCUT2D eigenvalue weighted by Gasteiger charge is 2.23. The van der Waals surface area contributed by atoms with Crippen molar-refractivity contribution in [3.63, 3.8) is 0 Å². The summed E-state index contributed by atoms with van der Waals surface area (Å²) in [5.74, 6) is 0.578. The molecule has 0 aliphatic carbocycles. The maximum absolute atomic E-state index is 13.0. The summed E-state index contributed by atoms with van der Waals surface area (Å²) in [7, 11) is -1.98. The third kappa shape index (κ3) is 5.80. The molecule has 27 heavy (non-hydrogen) atoms. The summed E-state index contributed by atoms with van der Waals surface area (Å²) >= 11 is 0. The predicted molar refractivity (Wildman–Crippen MR) is 106 cm³/mol. The van der Waals surface area contributed by atoms with Crippen LogP contribution in [0.1, 0.15) is 25.8 Å². The molecule has 1 N–H and O–H groups in total. The lowest BCUT2D eigenvalue weighted by Gasteiger charge is -2.22. The third-order valence-corrected chi connectivity index (χ3v) is 6.01. The highest BCUT2D eigenvalue weighted by atomic mass is 32.2. The second kappa shape index (κ2) is 9.53. The van der Waals surface area contributed by atoms with E-state index in [0.717, 1.165) is 17.7 Å². The van der Waals surface area contributed by atoms with Crippen molar-refractivity contribution < 1.29 is 17.9 Å². The molecule has 0 unspecified atom stereocenters. The van der Waals surface area contributed by atoms with Crippen LogP contribution in [0.5, 0.6) is 5.75 Å². The van der Waals surface area contributed by atoms with E-state index in [4.69, 9.17) is 4.74 Å². The van der Waals surface area contributed by atoms with Crippen molar-refractivity contribution in [1.29, 1.82) is 0 Å². The van der Waals surface area contributed by atoms with E-state index >= 15 is 0 Å². The highest BCUT2D eigenvalue weighted by Crippen LogP contribution is 2.20. The summed E-state index contributed by atoms with van der Waals surface area (Å²) in [6.45, 7) is 4.21. The largest absolute Gasteiger partial charge is 0.497 e. The summed E-state index contributed by atoms with van der Waals surface area (Å²) in [4.78, 5) is 11.3. The normalized spacial score (nSPS) is 11.4. The number of nitrogens with one attached hydrogen (secondary N) is 1. The molecular weight excluding hydrogens is 364 g/mol. The summed E-state index contributed by atoms with van der Waals surface area (Å²) < 4.78 is 32.6. The van der Waals surface area contributed by atoms with Gasteiger partial charge in [0.25, 0.3) is 0 Å². The lowest BCUT2D eigenvalue weighted by molar-refractivity contribution is -0.114. The molecule has 146 valence electrons. The van der Waals surface area contributed by atoms with Crippen molar-refractivity contribution in [3.8, 4) is 5.75 Å². The summed E-state index contributed by atoms with van der Waals surface area (Å²) in [6.07, 6.45) is 1.35. The summed E-state index contributed by atoms with van der Waals surface area (Å²) in [6, 6.07) is 13.9. The number of hydrogen-bond donors (Lipinski definition) is 1. The first-order chi connectivity index (χ1) is 12.9. The molecule has 0 aliphatic rings. The smallest absolute Gasteiger partial charge is 0.243 e. The highest BCUT2D eigenvalue weighted by molar-refractivity contribution is 7.89. The number of methoxy groups -OCH3 is 1. The fourth-order valence-electron chi connectivity index (χ4n) is 2.71. The summed E-state index contributed by atoms with van der Waals surface area (Å²) in [5, 5.41) is 2.64. The first-order valence-electron chi connectivity index (χ1n) is 8.87. The topological polar surface area (TPSA) is 75.7 Å². The minimum Gasteiger partial charge on any atom is -0.497 e. The fraction of sp³-hybridized carbons (Fsp3) is 0.350. The lowest BCUT2D eigenvalue weighted by atomic mass is 10.1. The number of hydrogen-bond acceptors (Lipinski definition) is 4. The Morgan fingerprint density at radius 3 is 2.19 bits per heavy atom. The molecule has 0 aromatic heterocycles. The molecule has 0 saturated carbocycles. The van der Waals surface area contributed by atoms with E-state index in [0.29, 0.717) is 25.2 Å². The minimum atomic E-state index is -3.60. The van der Waals surface area contributed by atoms with Gasteiger partial charge in [-0.15, -0.1) is 0 Å². The SMILES string of the molecule is CCCN(CCc1ccc(OC)cc1)S(=O)(=O)c1ccc(NC(C)=O)cc1. The molecule has 2 rings (SSSR count). The van der Waals surface area contributed by atoms with E-state index in [1.807, 2.05) is 31.2 Å². The van der Waals surface area contributed by atoms with E-state index in [9.17, 15) is 13.2 Å². The zero-order valence-corrected chi connectivity index (χ0v) is 16.8. The van der Waals surface area contributed by atoms with Gasteiger partial charge < -0.3 is 10.1 Å². The van der Waals surface area contributed by atoms with E-state index in [2.05, 4.69) is 5.32 Å².